The number of allylic oxidation sites excluding steroid dienone is 4. The number of hydrogen-bond donors (Lipinski definition) is 2. The van der Waals surface area contributed by atoms with E-state index in [9.17, 15) is 4.79 Å². The van der Waals surface area contributed by atoms with Crippen LogP contribution in [0.15, 0.2) is 35.7 Å². The predicted octanol–water partition coefficient (Wildman–Crippen LogP) is 1.95. The summed E-state index contributed by atoms with van der Waals surface area (Å²) < 4.78 is 1.72. The van der Waals surface area contributed by atoms with Crippen molar-refractivity contribution in [1.29, 1.82) is 0 Å². The fourth-order valence-corrected chi connectivity index (χ4v) is 3.56. The summed E-state index contributed by atoms with van der Waals surface area (Å²) in [4.78, 5) is 11.9. The van der Waals surface area contributed by atoms with Gasteiger partial charge in [0.05, 0.1) is 12.1 Å². The average molecular weight is 294 g/mol. The second kappa shape index (κ2) is 5.07. The molecule has 3 rings (SSSR count). The number of rotatable bonds is 3. The number of hydrogen-bond acceptors (Lipinski definition) is 3. The first kappa shape index (κ1) is 13.4. The van der Waals surface area contributed by atoms with Gasteiger partial charge in [-0.2, -0.15) is 5.10 Å². The van der Waals surface area contributed by atoms with Crippen LogP contribution >= 0.6 is 11.6 Å². The van der Waals surface area contributed by atoms with Gasteiger partial charge in [0.25, 0.3) is 0 Å². The van der Waals surface area contributed by atoms with Crippen molar-refractivity contribution in [2.24, 2.45) is 24.8 Å². The number of halogens is 1. The first-order chi connectivity index (χ1) is 9.63. The van der Waals surface area contributed by atoms with Gasteiger partial charge in [-0.25, -0.2) is 5.48 Å². The Bertz CT molecular complexity index is 593. The molecule has 0 radical (unpaired) electrons. The van der Waals surface area contributed by atoms with E-state index < -0.39 is 0 Å². The Kier molecular flexibility index (Phi) is 3.40. The molecule has 2 aliphatic rings. The minimum atomic E-state index is -0.345. The first-order valence-electron chi connectivity index (χ1n) is 6.58. The topological polar surface area (TPSA) is 67.2 Å². The molecule has 5 nitrogen and oxygen atoms in total. The van der Waals surface area contributed by atoms with Crippen LogP contribution in [-0.4, -0.2) is 20.9 Å². The van der Waals surface area contributed by atoms with Crippen LogP contribution in [0.1, 0.15) is 17.9 Å². The third-order valence-electron chi connectivity index (χ3n) is 4.20. The van der Waals surface area contributed by atoms with Gasteiger partial charge in [-0.1, -0.05) is 23.8 Å². The van der Waals surface area contributed by atoms with Gasteiger partial charge < -0.3 is 0 Å². The van der Waals surface area contributed by atoms with Crippen molar-refractivity contribution in [3.05, 3.63) is 41.2 Å². The second-order valence-electron chi connectivity index (χ2n) is 5.37. The average Bonchev–Trinajstić information content (AvgIpc) is 3.04. The smallest absolute Gasteiger partial charge is 0.247 e. The molecule has 0 aliphatic heterocycles. The highest BCUT2D eigenvalue weighted by Gasteiger charge is 2.59. The maximum atomic E-state index is 11.9. The predicted molar refractivity (Wildman–Crippen MR) is 74.0 cm³/mol. The zero-order valence-electron chi connectivity index (χ0n) is 11.0. The van der Waals surface area contributed by atoms with Gasteiger partial charge in [-0.15, -0.1) is 0 Å². The van der Waals surface area contributed by atoms with E-state index in [-0.39, 0.29) is 29.6 Å². The third kappa shape index (κ3) is 2.17. The Hall–Kier alpha value is -1.59. The zero-order chi connectivity index (χ0) is 14.3. The van der Waals surface area contributed by atoms with E-state index in [0.717, 1.165) is 17.0 Å². The molecule has 106 valence electrons. The molecule has 0 spiro atoms. The summed E-state index contributed by atoms with van der Waals surface area (Å²) in [5, 5.41) is 13.8. The van der Waals surface area contributed by atoms with Crippen molar-refractivity contribution in [2.75, 3.05) is 0 Å². The van der Waals surface area contributed by atoms with E-state index >= 15 is 0 Å². The summed E-state index contributed by atoms with van der Waals surface area (Å²) in [5.74, 6) is -0.283. The summed E-state index contributed by atoms with van der Waals surface area (Å²) in [7, 11) is 1.85. The first-order valence-corrected chi connectivity index (χ1v) is 6.96. The molecule has 2 N–H and O–H groups in total. The van der Waals surface area contributed by atoms with Crippen molar-refractivity contribution >= 4 is 17.5 Å². The number of amides is 1. The van der Waals surface area contributed by atoms with Crippen molar-refractivity contribution in [3.8, 4) is 0 Å². The molecule has 1 aromatic heterocycles. The maximum Gasteiger partial charge on any atom is 0.247 e. The molecule has 1 aromatic rings. The van der Waals surface area contributed by atoms with E-state index in [2.05, 4.69) is 11.2 Å². The Morgan fingerprint density at radius 2 is 2.40 bits per heavy atom. The molecular weight excluding hydrogens is 278 g/mol. The van der Waals surface area contributed by atoms with E-state index in [1.165, 1.54) is 0 Å². The molecule has 6 heteroatoms. The van der Waals surface area contributed by atoms with Crippen molar-refractivity contribution in [1.82, 2.24) is 15.3 Å². The van der Waals surface area contributed by atoms with Crippen LogP contribution in [0.25, 0.3) is 0 Å². The molecule has 4 atom stereocenters. The largest absolute Gasteiger partial charge is 0.289 e. The Morgan fingerprint density at radius 3 is 3.00 bits per heavy atom. The van der Waals surface area contributed by atoms with Gasteiger partial charge >= 0.3 is 0 Å². The Labute approximate surface area is 121 Å². The van der Waals surface area contributed by atoms with Crippen molar-refractivity contribution in [3.63, 3.8) is 0 Å². The van der Waals surface area contributed by atoms with Crippen LogP contribution in [0.4, 0.5) is 0 Å². The highest BCUT2D eigenvalue weighted by molar-refractivity contribution is 6.30. The number of carbonyl (C=O) groups is 1. The molecule has 1 saturated carbocycles. The van der Waals surface area contributed by atoms with Gasteiger partial charge in [0, 0.05) is 30.1 Å². The minimum Gasteiger partial charge on any atom is -0.289 e. The van der Waals surface area contributed by atoms with Crippen LogP contribution in [0.3, 0.4) is 0 Å². The van der Waals surface area contributed by atoms with Crippen LogP contribution in [0.5, 0.6) is 0 Å². The SMILES string of the molecule is Cn1cc([C@H]2[C@H](C(=O)NO)[C@@H]2C2CC=CC=C2Cl)cn1. The lowest BCUT2D eigenvalue weighted by molar-refractivity contribution is -0.131. The standard InChI is InChI=1S/C14H16ClN3O2/c1-18-7-8(6-16-18)11-12(13(11)14(19)17-20)9-4-2-3-5-10(9)15/h2-3,5-7,9,11-13,20H,4H2,1H3,(H,17,19)/t9?,11-,12-,13+/m1/s1. The Balaban J connectivity index is 1.87. The number of aryl methyl sites for hydroxylation is 1. The summed E-state index contributed by atoms with van der Waals surface area (Å²) in [6.07, 6.45) is 10.4. The highest BCUT2D eigenvalue weighted by Crippen LogP contribution is 2.60. The minimum absolute atomic E-state index is 0.0644. The molecular formula is C14H16ClN3O2. The lowest BCUT2D eigenvalue weighted by Crippen LogP contribution is -2.23. The summed E-state index contributed by atoms with van der Waals surface area (Å²) >= 11 is 6.28. The van der Waals surface area contributed by atoms with E-state index in [1.54, 1.807) is 16.4 Å². The fraction of sp³-hybridized carbons (Fsp3) is 0.429. The number of nitrogens with one attached hydrogen (secondary N) is 1. The van der Waals surface area contributed by atoms with Crippen LogP contribution in [-0.2, 0) is 11.8 Å². The van der Waals surface area contributed by atoms with Gasteiger partial charge in [0.15, 0.2) is 0 Å². The molecule has 1 amide bonds. The van der Waals surface area contributed by atoms with Gasteiger partial charge in [0.2, 0.25) is 5.91 Å². The van der Waals surface area contributed by atoms with E-state index in [1.807, 2.05) is 25.4 Å². The van der Waals surface area contributed by atoms with E-state index in [0.29, 0.717) is 0 Å². The van der Waals surface area contributed by atoms with Gasteiger partial charge in [-0.05, 0) is 24.0 Å². The lowest BCUT2D eigenvalue weighted by Gasteiger charge is -2.17. The zero-order valence-corrected chi connectivity index (χ0v) is 11.8. The van der Waals surface area contributed by atoms with Gasteiger partial charge in [0.1, 0.15) is 0 Å². The van der Waals surface area contributed by atoms with Crippen molar-refractivity contribution < 1.29 is 10.0 Å². The maximum absolute atomic E-state index is 11.9. The molecule has 20 heavy (non-hydrogen) atoms. The molecule has 0 saturated heterocycles. The Morgan fingerprint density at radius 1 is 1.60 bits per heavy atom. The van der Waals surface area contributed by atoms with Gasteiger partial charge in [-0.3, -0.25) is 14.7 Å². The van der Waals surface area contributed by atoms with Crippen LogP contribution < -0.4 is 5.48 Å². The number of aromatic nitrogens is 2. The monoisotopic (exact) mass is 293 g/mol. The van der Waals surface area contributed by atoms with E-state index in [4.69, 9.17) is 16.8 Å². The molecule has 1 unspecified atom stereocenters. The molecule has 0 bridgehead atoms. The highest BCUT2D eigenvalue weighted by atomic mass is 35.5. The quantitative estimate of drug-likeness (QED) is 0.661. The second-order valence-corrected chi connectivity index (χ2v) is 5.81. The van der Waals surface area contributed by atoms with Crippen molar-refractivity contribution in [2.45, 2.75) is 12.3 Å². The molecule has 1 fully saturated rings. The molecule has 0 aromatic carbocycles. The summed E-state index contributed by atoms with van der Waals surface area (Å²) in [5.41, 5.74) is 2.79. The number of nitrogens with zero attached hydrogens (tertiary/aromatic N) is 2. The summed E-state index contributed by atoms with van der Waals surface area (Å²) in [6, 6.07) is 0. The molecule has 2 aliphatic carbocycles. The third-order valence-corrected chi connectivity index (χ3v) is 4.60. The van der Waals surface area contributed by atoms with Crippen LogP contribution in [0, 0.1) is 17.8 Å². The normalized spacial score (nSPS) is 31.9. The molecule has 1 heterocycles. The lowest BCUT2D eigenvalue weighted by atomic mass is 9.92. The number of carbonyl (C=O) groups excluding carboxylic acids is 1. The fourth-order valence-electron chi connectivity index (χ4n) is 3.25. The number of hydroxylamine groups is 1. The summed E-state index contributed by atoms with van der Waals surface area (Å²) in [6.45, 7) is 0. The van der Waals surface area contributed by atoms with Crippen LogP contribution in [0.2, 0.25) is 0 Å².